The Morgan fingerprint density at radius 3 is 2.94 bits per heavy atom. The van der Waals surface area contributed by atoms with Crippen molar-refractivity contribution in [1.29, 1.82) is 0 Å². The molecule has 3 aromatic rings. The van der Waals surface area contributed by atoms with Gasteiger partial charge in [0.05, 0.1) is 18.1 Å². The molecule has 0 unspecified atom stereocenters. The zero-order valence-electron chi connectivity index (χ0n) is 18.1. The van der Waals surface area contributed by atoms with Gasteiger partial charge < -0.3 is 20.1 Å². The van der Waals surface area contributed by atoms with Crippen LogP contribution in [0.2, 0.25) is 0 Å². The molecule has 168 valence electrons. The van der Waals surface area contributed by atoms with Gasteiger partial charge in [0, 0.05) is 19.2 Å². The van der Waals surface area contributed by atoms with Crippen LogP contribution >= 0.6 is 11.8 Å². The summed E-state index contributed by atoms with van der Waals surface area (Å²) in [6.45, 7) is 6.18. The van der Waals surface area contributed by atoms with Crippen LogP contribution in [0.1, 0.15) is 25.8 Å². The quantitative estimate of drug-likeness (QED) is 0.273. The summed E-state index contributed by atoms with van der Waals surface area (Å²) in [4.78, 5) is 21.5. The lowest BCUT2D eigenvalue weighted by Gasteiger charge is -2.09. The van der Waals surface area contributed by atoms with E-state index in [1.807, 2.05) is 18.2 Å². The number of amides is 1. The predicted molar refractivity (Wildman–Crippen MR) is 125 cm³/mol. The Morgan fingerprint density at radius 2 is 2.09 bits per heavy atom. The third-order valence-electron chi connectivity index (χ3n) is 4.74. The molecule has 1 aliphatic heterocycles. The van der Waals surface area contributed by atoms with Crippen molar-refractivity contribution in [2.75, 3.05) is 31.0 Å². The smallest absolute Gasteiger partial charge is 0.244 e. The zero-order valence-corrected chi connectivity index (χ0v) is 18.9. The van der Waals surface area contributed by atoms with Crippen LogP contribution in [0.15, 0.2) is 35.6 Å². The van der Waals surface area contributed by atoms with E-state index in [-0.39, 0.29) is 12.7 Å². The molecular formula is C22H26N6O3S. The van der Waals surface area contributed by atoms with Gasteiger partial charge in [0.25, 0.3) is 0 Å². The molecule has 0 aliphatic carbocycles. The SMILES string of the molecule is CCCNc1nc(SCC)nc2c1cnn2CCNC(=O)/C=C\c1ccc2c(c1)OCO2. The van der Waals surface area contributed by atoms with Gasteiger partial charge in [0.2, 0.25) is 12.7 Å². The first-order valence-electron chi connectivity index (χ1n) is 10.6. The number of nitrogens with one attached hydrogen (secondary N) is 2. The highest BCUT2D eigenvalue weighted by molar-refractivity contribution is 7.99. The van der Waals surface area contributed by atoms with Gasteiger partial charge >= 0.3 is 0 Å². The highest BCUT2D eigenvalue weighted by Gasteiger charge is 2.14. The fourth-order valence-electron chi connectivity index (χ4n) is 3.20. The van der Waals surface area contributed by atoms with Gasteiger partial charge in [0.1, 0.15) is 5.82 Å². The third kappa shape index (κ3) is 5.13. The Labute approximate surface area is 190 Å². The van der Waals surface area contributed by atoms with E-state index in [0.29, 0.717) is 18.8 Å². The molecule has 4 rings (SSSR count). The minimum absolute atomic E-state index is 0.179. The molecular weight excluding hydrogens is 428 g/mol. The van der Waals surface area contributed by atoms with Crippen molar-refractivity contribution in [3.63, 3.8) is 0 Å². The van der Waals surface area contributed by atoms with Crippen molar-refractivity contribution in [3.05, 3.63) is 36.0 Å². The predicted octanol–water partition coefficient (Wildman–Crippen LogP) is 3.32. The maximum atomic E-state index is 12.2. The number of rotatable bonds is 10. The summed E-state index contributed by atoms with van der Waals surface area (Å²) in [7, 11) is 0. The lowest BCUT2D eigenvalue weighted by Crippen LogP contribution is -2.25. The van der Waals surface area contributed by atoms with Gasteiger partial charge in [-0.2, -0.15) is 5.10 Å². The number of benzene rings is 1. The molecule has 0 saturated carbocycles. The number of hydrogen-bond acceptors (Lipinski definition) is 8. The Morgan fingerprint density at radius 1 is 1.22 bits per heavy atom. The zero-order chi connectivity index (χ0) is 22.3. The highest BCUT2D eigenvalue weighted by Crippen LogP contribution is 2.32. The number of thioether (sulfide) groups is 1. The van der Waals surface area contributed by atoms with Crippen molar-refractivity contribution in [1.82, 2.24) is 25.1 Å². The standard InChI is InChI=1S/C22H26N6O3S/c1-3-9-24-20-16-13-25-28(21(16)27-22(26-20)32-4-2)11-10-23-19(29)8-6-15-5-7-17-18(12-15)31-14-30-17/h5-8,12-13H,3-4,9-11,14H2,1-2H3,(H,23,29)(H,24,26,27)/b8-6-. The van der Waals surface area contributed by atoms with E-state index in [9.17, 15) is 4.79 Å². The lowest BCUT2D eigenvalue weighted by molar-refractivity contribution is -0.116. The molecule has 0 bridgehead atoms. The minimum atomic E-state index is -0.179. The van der Waals surface area contributed by atoms with Crippen LogP contribution in [0.3, 0.4) is 0 Å². The molecule has 3 heterocycles. The molecule has 32 heavy (non-hydrogen) atoms. The Balaban J connectivity index is 1.38. The second kappa shape index (κ2) is 10.4. The first-order valence-corrected chi connectivity index (χ1v) is 11.6. The monoisotopic (exact) mass is 454 g/mol. The van der Waals surface area contributed by atoms with E-state index in [0.717, 1.165) is 52.0 Å². The van der Waals surface area contributed by atoms with Gasteiger partial charge in [-0.3, -0.25) is 4.79 Å². The van der Waals surface area contributed by atoms with Gasteiger partial charge in [-0.15, -0.1) is 0 Å². The van der Waals surface area contributed by atoms with Crippen LogP contribution in [0.25, 0.3) is 17.1 Å². The normalized spacial score (nSPS) is 12.6. The molecule has 1 amide bonds. The van der Waals surface area contributed by atoms with Crippen molar-refractivity contribution in [2.24, 2.45) is 0 Å². The van der Waals surface area contributed by atoms with Crippen molar-refractivity contribution in [3.8, 4) is 11.5 Å². The molecule has 0 radical (unpaired) electrons. The molecule has 2 aromatic heterocycles. The topological polar surface area (TPSA) is 103 Å². The average Bonchev–Trinajstić information content (AvgIpc) is 3.43. The maximum Gasteiger partial charge on any atom is 0.244 e. The number of nitrogens with zero attached hydrogens (tertiary/aromatic N) is 4. The van der Waals surface area contributed by atoms with Crippen LogP contribution in [0.5, 0.6) is 11.5 Å². The van der Waals surface area contributed by atoms with Crippen molar-refractivity contribution < 1.29 is 14.3 Å². The molecule has 10 heteroatoms. The molecule has 1 aliphatic rings. The van der Waals surface area contributed by atoms with Crippen LogP contribution in [0.4, 0.5) is 5.82 Å². The van der Waals surface area contributed by atoms with Crippen LogP contribution in [-0.4, -0.2) is 51.3 Å². The molecule has 0 spiro atoms. The van der Waals surface area contributed by atoms with Crippen molar-refractivity contribution >= 4 is 40.6 Å². The first kappa shape index (κ1) is 21.9. The number of fused-ring (bicyclic) bond motifs is 2. The largest absolute Gasteiger partial charge is 0.454 e. The van der Waals surface area contributed by atoms with E-state index >= 15 is 0 Å². The van der Waals surface area contributed by atoms with E-state index in [1.165, 1.54) is 6.08 Å². The summed E-state index contributed by atoms with van der Waals surface area (Å²) in [5.41, 5.74) is 1.63. The molecule has 1 aromatic carbocycles. The lowest BCUT2D eigenvalue weighted by atomic mass is 10.2. The van der Waals surface area contributed by atoms with Gasteiger partial charge in [-0.05, 0) is 35.9 Å². The Kier molecular flexibility index (Phi) is 7.10. The summed E-state index contributed by atoms with van der Waals surface area (Å²) >= 11 is 1.59. The summed E-state index contributed by atoms with van der Waals surface area (Å²) in [5, 5.41) is 12.3. The molecule has 9 nitrogen and oxygen atoms in total. The number of hydrogen-bond donors (Lipinski definition) is 2. The van der Waals surface area contributed by atoms with E-state index < -0.39 is 0 Å². The fourth-order valence-corrected chi connectivity index (χ4v) is 3.77. The third-order valence-corrected chi connectivity index (χ3v) is 5.47. The van der Waals surface area contributed by atoms with E-state index in [4.69, 9.17) is 9.47 Å². The summed E-state index contributed by atoms with van der Waals surface area (Å²) in [5.74, 6) is 2.92. The van der Waals surface area contributed by atoms with Crippen LogP contribution < -0.4 is 20.1 Å². The Hall–Kier alpha value is -3.27. The number of aromatic nitrogens is 4. The van der Waals surface area contributed by atoms with Gasteiger partial charge in [-0.25, -0.2) is 14.6 Å². The summed E-state index contributed by atoms with van der Waals surface area (Å²) < 4.78 is 12.5. The molecule has 0 atom stereocenters. The fraction of sp³-hybridized carbons (Fsp3) is 0.364. The molecule has 2 N–H and O–H groups in total. The van der Waals surface area contributed by atoms with Crippen LogP contribution in [-0.2, 0) is 11.3 Å². The second-order valence-corrected chi connectivity index (χ2v) is 8.29. The minimum Gasteiger partial charge on any atom is -0.454 e. The molecule has 0 fully saturated rings. The average molecular weight is 455 g/mol. The highest BCUT2D eigenvalue weighted by atomic mass is 32.2. The van der Waals surface area contributed by atoms with E-state index in [2.05, 4.69) is 39.5 Å². The van der Waals surface area contributed by atoms with Gasteiger partial charge in [0.15, 0.2) is 22.3 Å². The number of ether oxygens (including phenoxy) is 2. The summed E-state index contributed by atoms with van der Waals surface area (Å²) in [6.07, 6.45) is 6.02. The Bertz CT molecular complexity index is 1130. The molecule has 0 saturated heterocycles. The van der Waals surface area contributed by atoms with Crippen molar-refractivity contribution in [2.45, 2.75) is 32.0 Å². The number of anilines is 1. The van der Waals surface area contributed by atoms with Gasteiger partial charge in [-0.1, -0.05) is 31.7 Å². The number of carbonyl (C=O) groups is 1. The summed E-state index contributed by atoms with van der Waals surface area (Å²) in [6, 6.07) is 5.56. The van der Waals surface area contributed by atoms with E-state index in [1.54, 1.807) is 28.7 Å². The number of carbonyl (C=O) groups excluding carboxylic acids is 1. The first-order chi connectivity index (χ1) is 15.7. The maximum absolute atomic E-state index is 12.2. The second-order valence-electron chi connectivity index (χ2n) is 7.06. The van der Waals surface area contributed by atoms with Crippen LogP contribution in [0, 0.1) is 0 Å².